The zero-order chi connectivity index (χ0) is 18.9. The van der Waals surface area contributed by atoms with Gasteiger partial charge >= 0.3 is 0 Å². The Balaban J connectivity index is 0.00000364. The number of hydrogen-bond donors (Lipinski definition) is 2. The van der Waals surface area contributed by atoms with Crippen molar-refractivity contribution >= 4 is 41.5 Å². The van der Waals surface area contributed by atoms with Crippen LogP contribution in [-0.4, -0.2) is 57.3 Å². The number of benzene rings is 1. The van der Waals surface area contributed by atoms with Gasteiger partial charge < -0.3 is 20.1 Å². The molecule has 8 heteroatoms. The molecule has 1 heterocycles. The van der Waals surface area contributed by atoms with Gasteiger partial charge in [0, 0.05) is 26.2 Å². The van der Waals surface area contributed by atoms with Crippen molar-refractivity contribution in [2.24, 2.45) is 4.99 Å². The number of methoxy groups -OCH3 is 1. The molecule has 6 nitrogen and oxygen atoms in total. The van der Waals surface area contributed by atoms with Crippen molar-refractivity contribution in [2.45, 2.75) is 39.3 Å². The largest absolute Gasteiger partial charge is 0.493 e. The Kier molecular flexibility index (Phi) is 11.2. The summed E-state index contributed by atoms with van der Waals surface area (Å²) in [5.41, 5.74) is 1.01. The molecule has 27 heavy (non-hydrogen) atoms. The van der Waals surface area contributed by atoms with Gasteiger partial charge in [0.15, 0.2) is 17.5 Å². The van der Waals surface area contributed by atoms with E-state index in [0.717, 1.165) is 24.6 Å². The number of guanidine groups is 1. The molecule has 1 fully saturated rings. The highest BCUT2D eigenvalue weighted by Gasteiger charge is 2.22. The SMILES string of the molecule is CCOc1c(Cl)cc(CNC(=NC)NCC2CCCN2CC)cc1OC.I. The van der Waals surface area contributed by atoms with Crippen molar-refractivity contribution in [1.82, 2.24) is 15.5 Å². The highest BCUT2D eigenvalue weighted by molar-refractivity contribution is 14.0. The van der Waals surface area contributed by atoms with Gasteiger partial charge in [-0.3, -0.25) is 9.89 Å². The minimum atomic E-state index is 0. The smallest absolute Gasteiger partial charge is 0.191 e. The van der Waals surface area contributed by atoms with E-state index in [1.165, 1.54) is 19.4 Å². The molecule has 0 bridgehead atoms. The molecule has 0 aromatic heterocycles. The Bertz CT molecular complexity index is 616. The topological polar surface area (TPSA) is 58.1 Å². The molecule has 1 atom stereocenters. The van der Waals surface area contributed by atoms with Crippen LogP contribution >= 0.6 is 35.6 Å². The summed E-state index contributed by atoms with van der Waals surface area (Å²) in [5.74, 6) is 2.02. The van der Waals surface area contributed by atoms with Crippen LogP contribution < -0.4 is 20.1 Å². The quantitative estimate of drug-likeness (QED) is 0.318. The Morgan fingerprint density at radius 3 is 2.74 bits per heavy atom. The Morgan fingerprint density at radius 1 is 1.33 bits per heavy atom. The van der Waals surface area contributed by atoms with Crippen LogP contribution in [0.3, 0.4) is 0 Å². The standard InChI is InChI=1S/C19H31ClN4O2.HI/c1-5-24-9-7-8-15(24)13-23-19(21-3)22-12-14-10-16(20)18(26-6-2)17(11-14)25-4;/h10-11,15H,5-9,12-13H2,1-4H3,(H2,21,22,23);1H. The molecule has 154 valence electrons. The number of rotatable bonds is 8. The molecule has 2 rings (SSSR count). The highest BCUT2D eigenvalue weighted by Crippen LogP contribution is 2.36. The lowest BCUT2D eigenvalue weighted by Gasteiger charge is -2.24. The lowest BCUT2D eigenvalue weighted by atomic mass is 10.2. The number of halogens is 2. The first kappa shape index (κ1) is 24.1. The van der Waals surface area contributed by atoms with Crippen LogP contribution in [0, 0.1) is 0 Å². The molecule has 1 aliphatic heterocycles. The number of nitrogens with zero attached hydrogens (tertiary/aromatic N) is 2. The van der Waals surface area contributed by atoms with E-state index in [9.17, 15) is 0 Å². The van der Waals surface area contributed by atoms with Crippen LogP contribution in [0.15, 0.2) is 17.1 Å². The zero-order valence-electron chi connectivity index (χ0n) is 16.7. The zero-order valence-corrected chi connectivity index (χ0v) is 19.8. The molecular formula is C19H32ClIN4O2. The van der Waals surface area contributed by atoms with Gasteiger partial charge in [0.25, 0.3) is 0 Å². The van der Waals surface area contributed by atoms with Crippen molar-refractivity contribution in [1.29, 1.82) is 0 Å². The minimum Gasteiger partial charge on any atom is -0.493 e. The van der Waals surface area contributed by atoms with E-state index >= 15 is 0 Å². The van der Waals surface area contributed by atoms with E-state index in [1.54, 1.807) is 14.2 Å². The van der Waals surface area contributed by atoms with E-state index in [2.05, 4.69) is 27.4 Å². The summed E-state index contributed by atoms with van der Waals surface area (Å²) in [7, 11) is 3.40. The van der Waals surface area contributed by atoms with E-state index in [1.807, 2.05) is 19.1 Å². The average molecular weight is 511 g/mol. The average Bonchev–Trinajstić information content (AvgIpc) is 3.11. The van der Waals surface area contributed by atoms with Crippen LogP contribution in [0.2, 0.25) is 5.02 Å². The summed E-state index contributed by atoms with van der Waals surface area (Å²) in [6.07, 6.45) is 2.51. The predicted octanol–water partition coefficient (Wildman–Crippen LogP) is 3.51. The molecule has 0 aliphatic carbocycles. The first-order chi connectivity index (χ1) is 12.6. The maximum absolute atomic E-state index is 6.34. The minimum absolute atomic E-state index is 0. The van der Waals surface area contributed by atoms with Gasteiger partial charge in [-0.2, -0.15) is 0 Å². The van der Waals surface area contributed by atoms with Gasteiger partial charge in [0.1, 0.15) is 0 Å². The fraction of sp³-hybridized carbons (Fsp3) is 0.632. The first-order valence-electron chi connectivity index (χ1n) is 9.30. The third-order valence-corrected chi connectivity index (χ3v) is 4.95. The summed E-state index contributed by atoms with van der Waals surface area (Å²) < 4.78 is 11.0. The number of nitrogens with one attached hydrogen (secondary N) is 2. The fourth-order valence-corrected chi connectivity index (χ4v) is 3.61. The number of hydrogen-bond acceptors (Lipinski definition) is 4. The number of likely N-dealkylation sites (N-methyl/N-ethyl adjacent to an activating group) is 1. The van der Waals surface area contributed by atoms with E-state index in [4.69, 9.17) is 21.1 Å². The van der Waals surface area contributed by atoms with Crippen molar-refractivity contribution in [3.63, 3.8) is 0 Å². The van der Waals surface area contributed by atoms with Crippen LogP contribution in [0.25, 0.3) is 0 Å². The summed E-state index contributed by atoms with van der Waals surface area (Å²) in [6, 6.07) is 4.41. The van der Waals surface area contributed by atoms with Crippen molar-refractivity contribution in [3.8, 4) is 11.5 Å². The summed E-state index contributed by atoms with van der Waals surface area (Å²) >= 11 is 6.34. The van der Waals surface area contributed by atoms with Gasteiger partial charge in [0.2, 0.25) is 0 Å². The lowest BCUT2D eigenvalue weighted by molar-refractivity contribution is 0.267. The van der Waals surface area contributed by atoms with Crippen molar-refractivity contribution in [3.05, 3.63) is 22.7 Å². The van der Waals surface area contributed by atoms with Crippen LogP contribution in [0.4, 0.5) is 0 Å². The second-order valence-electron chi connectivity index (χ2n) is 6.27. The molecule has 0 spiro atoms. The molecule has 1 aliphatic rings. The normalized spacial score (nSPS) is 17.4. The molecule has 1 unspecified atom stereocenters. The first-order valence-corrected chi connectivity index (χ1v) is 9.68. The van der Waals surface area contributed by atoms with Gasteiger partial charge in [0.05, 0.1) is 18.7 Å². The number of aliphatic imine (C=N–C) groups is 1. The number of likely N-dealkylation sites (tertiary alicyclic amines) is 1. The third kappa shape index (κ3) is 6.87. The van der Waals surface area contributed by atoms with Gasteiger partial charge in [-0.1, -0.05) is 18.5 Å². The molecule has 1 aromatic rings. The van der Waals surface area contributed by atoms with Crippen molar-refractivity contribution < 1.29 is 9.47 Å². The summed E-state index contributed by atoms with van der Waals surface area (Å²) in [4.78, 5) is 6.83. The summed E-state index contributed by atoms with van der Waals surface area (Å²) in [5, 5.41) is 7.32. The van der Waals surface area contributed by atoms with E-state index in [-0.39, 0.29) is 24.0 Å². The molecule has 0 amide bonds. The Labute approximate surface area is 185 Å². The van der Waals surface area contributed by atoms with E-state index < -0.39 is 0 Å². The predicted molar refractivity (Wildman–Crippen MR) is 123 cm³/mol. The monoisotopic (exact) mass is 510 g/mol. The van der Waals surface area contributed by atoms with Crippen LogP contribution in [-0.2, 0) is 6.54 Å². The molecule has 0 saturated carbocycles. The molecule has 2 N–H and O–H groups in total. The molecular weight excluding hydrogens is 479 g/mol. The molecule has 1 saturated heterocycles. The van der Waals surface area contributed by atoms with E-state index in [0.29, 0.717) is 35.7 Å². The maximum Gasteiger partial charge on any atom is 0.191 e. The third-order valence-electron chi connectivity index (χ3n) is 4.67. The summed E-state index contributed by atoms with van der Waals surface area (Å²) in [6.45, 7) is 8.48. The van der Waals surface area contributed by atoms with Gasteiger partial charge in [-0.05, 0) is 50.6 Å². The highest BCUT2D eigenvalue weighted by atomic mass is 127. The lowest BCUT2D eigenvalue weighted by Crippen LogP contribution is -2.44. The second-order valence-corrected chi connectivity index (χ2v) is 6.68. The molecule has 0 radical (unpaired) electrons. The number of ether oxygens (including phenoxy) is 2. The van der Waals surface area contributed by atoms with Crippen molar-refractivity contribution in [2.75, 3.05) is 40.4 Å². The fourth-order valence-electron chi connectivity index (χ4n) is 3.32. The van der Waals surface area contributed by atoms with Crippen LogP contribution in [0.5, 0.6) is 11.5 Å². The second kappa shape index (κ2) is 12.5. The Morgan fingerprint density at radius 2 is 2.11 bits per heavy atom. The van der Waals surface area contributed by atoms with Gasteiger partial charge in [-0.15, -0.1) is 24.0 Å². The van der Waals surface area contributed by atoms with Gasteiger partial charge in [-0.25, -0.2) is 0 Å². The maximum atomic E-state index is 6.34. The van der Waals surface area contributed by atoms with Crippen LogP contribution in [0.1, 0.15) is 32.3 Å². The molecule has 1 aromatic carbocycles. The Hall–Kier alpha value is -0.930.